The molecule has 1 aromatic heterocycles. The predicted molar refractivity (Wildman–Crippen MR) is 99.0 cm³/mol. The van der Waals surface area contributed by atoms with Gasteiger partial charge in [0.1, 0.15) is 11.9 Å². The quantitative estimate of drug-likeness (QED) is 0.874. The molecule has 1 fully saturated rings. The van der Waals surface area contributed by atoms with E-state index < -0.39 is 0 Å². The van der Waals surface area contributed by atoms with Crippen molar-refractivity contribution in [2.24, 2.45) is 0 Å². The normalized spacial score (nSPS) is 18.9. The first-order valence-corrected chi connectivity index (χ1v) is 8.56. The number of pyridine rings is 1. The number of hydrogen-bond donors (Lipinski definition) is 2. The number of nitriles is 1. The highest BCUT2D eigenvalue weighted by atomic mass is 16.5. The maximum atomic E-state index is 9.81. The molecule has 1 saturated heterocycles. The highest BCUT2D eigenvalue weighted by Crippen LogP contribution is 2.40. The van der Waals surface area contributed by atoms with Gasteiger partial charge in [0, 0.05) is 12.2 Å². The molecule has 1 aliphatic rings. The first-order chi connectivity index (χ1) is 12.3. The molecule has 0 spiro atoms. The Labute approximate surface area is 153 Å². The summed E-state index contributed by atoms with van der Waals surface area (Å²) in [5.74, 6) is 0.818. The van der Waals surface area contributed by atoms with E-state index in [1.807, 2.05) is 6.07 Å². The van der Waals surface area contributed by atoms with E-state index in [9.17, 15) is 10.4 Å². The van der Waals surface area contributed by atoms with E-state index in [1.165, 1.54) is 7.11 Å². The molecule has 0 bridgehead atoms. The van der Waals surface area contributed by atoms with Gasteiger partial charge in [-0.05, 0) is 62.4 Å². The Morgan fingerprint density at radius 3 is 2.81 bits per heavy atom. The number of methoxy groups -OCH3 is 1. The summed E-state index contributed by atoms with van der Waals surface area (Å²) in [5, 5.41) is 19.4. The van der Waals surface area contributed by atoms with Crippen LogP contribution in [0.25, 0.3) is 11.3 Å². The Balaban J connectivity index is 2.09. The zero-order valence-electron chi connectivity index (χ0n) is 15.2. The molecule has 26 heavy (non-hydrogen) atoms. The van der Waals surface area contributed by atoms with Crippen LogP contribution in [0.4, 0.5) is 5.82 Å². The number of nitrogens with two attached hydrogens (primary N) is 1. The number of rotatable bonds is 3. The molecule has 3 N–H and O–H groups in total. The molecule has 0 aliphatic carbocycles. The number of aromatic hydroxyl groups is 1. The van der Waals surface area contributed by atoms with Crippen molar-refractivity contribution in [1.29, 1.82) is 5.26 Å². The third kappa shape index (κ3) is 3.44. The number of anilines is 1. The third-order valence-electron chi connectivity index (χ3n) is 4.80. The smallest absolute Gasteiger partial charge is 0.161 e. The lowest BCUT2D eigenvalue weighted by atomic mass is 9.81. The molecular formula is C20H23N3O3. The van der Waals surface area contributed by atoms with E-state index in [2.05, 4.69) is 24.9 Å². The van der Waals surface area contributed by atoms with Gasteiger partial charge >= 0.3 is 0 Å². The number of aromatic nitrogens is 1. The molecule has 0 radical (unpaired) electrons. The molecule has 1 aromatic carbocycles. The first-order valence-electron chi connectivity index (χ1n) is 8.56. The Hall–Kier alpha value is -2.78. The lowest BCUT2D eigenvalue weighted by Gasteiger charge is -2.36. The lowest BCUT2D eigenvalue weighted by Crippen LogP contribution is -2.33. The van der Waals surface area contributed by atoms with Gasteiger partial charge in [-0.2, -0.15) is 5.26 Å². The van der Waals surface area contributed by atoms with Gasteiger partial charge in [-0.25, -0.2) is 4.98 Å². The molecule has 0 amide bonds. The van der Waals surface area contributed by atoms with E-state index in [-0.39, 0.29) is 23.1 Å². The van der Waals surface area contributed by atoms with Crippen molar-refractivity contribution in [1.82, 2.24) is 4.98 Å². The Morgan fingerprint density at radius 2 is 2.15 bits per heavy atom. The van der Waals surface area contributed by atoms with Crippen LogP contribution >= 0.6 is 0 Å². The fraction of sp³-hybridized carbons (Fsp3) is 0.400. The summed E-state index contributed by atoms with van der Waals surface area (Å²) in [5.41, 5.74) is 8.61. The maximum Gasteiger partial charge on any atom is 0.161 e. The summed E-state index contributed by atoms with van der Waals surface area (Å²) < 4.78 is 11.0. The fourth-order valence-corrected chi connectivity index (χ4v) is 3.51. The van der Waals surface area contributed by atoms with Crippen LogP contribution in [0.2, 0.25) is 0 Å². The van der Waals surface area contributed by atoms with Crippen molar-refractivity contribution < 1.29 is 14.6 Å². The van der Waals surface area contributed by atoms with Crippen LogP contribution in [0.15, 0.2) is 24.3 Å². The first kappa shape index (κ1) is 18.0. The Bertz CT molecular complexity index is 871. The highest BCUT2D eigenvalue weighted by Gasteiger charge is 2.32. The summed E-state index contributed by atoms with van der Waals surface area (Å²) in [6.45, 7) is 4.76. The van der Waals surface area contributed by atoms with Crippen molar-refractivity contribution in [3.05, 3.63) is 35.4 Å². The van der Waals surface area contributed by atoms with Crippen LogP contribution in [0.5, 0.6) is 11.5 Å². The fourth-order valence-electron chi connectivity index (χ4n) is 3.51. The molecule has 6 heteroatoms. The van der Waals surface area contributed by atoms with Crippen LogP contribution < -0.4 is 10.5 Å². The van der Waals surface area contributed by atoms with Crippen molar-refractivity contribution in [3.63, 3.8) is 0 Å². The van der Waals surface area contributed by atoms with Gasteiger partial charge in [-0.15, -0.1) is 0 Å². The molecule has 1 aliphatic heterocycles. The van der Waals surface area contributed by atoms with Crippen molar-refractivity contribution in [3.8, 4) is 28.8 Å². The number of nitrogen functional groups attached to an aromatic ring is 1. The molecule has 136 valence electrons. The van der Waals surface area contributed by atoms with Crippen LogP contribution in [0.1, 0.15) is 43.7 Å². The van der Waals surface area contributed by atoms with Gasteiger partial charge in [0.15, 0.2) is 11.5 Å². The molecule has 2 heterocycles. The summed E-state index contributed by atoms with van der Waals surface area (Å²) >= 11 is 0. The van der Waals surface area contributed by atoms with Crippen LogP contribution in [-0.2, 0) is 4.74 Å². The SMILES string of the molecule is COc1cc(-c2cc(C3CCOC(C)(C)C3)c(C#N)c(N)n2)ccc1O. The highest BCUT2D eigenvalue weighted by molar-refractivity contribution is 5.69. The van der Waals surface area contributed by atoms with E-state index in [0.717, 1.165) is 24.0 Å². The average molecular weight is 353 g/mol. The maximum absolute atomic E-state index is 9.81. The average Bonchev–Trinajstić information content (AvgIpc) is 2.60. The van der Waals surface area contributed by atoms with Gasteiger partial charge in [0.05, 0.1) is 24.0 Å². The summed E-state index contributed by atoms with van der Waals surface area (Å²) in [6, 6.07) is 9.15. The molecule has 3 rings (SSSR count). The van der Waals surface area contributed by atoms with Crippen molar-refractivity contribution in [2.75, 3.05) is 19.5 Å². The van der Waals surface area contributed by atoms with E-state index in [0.29, 0.717) is 23.6 Å². The largest absolute Gasteiger partial charge is 0.504 e. The molecule has 0 saturated carbocycles. The minimum Gasteiger partial charge on any atom is -0.504 e. The van der Waals surface area contributed by atoms with Crippen LogP contribution in [0, 0.1) is 11.3 Å². The second-order valence-corrected chi connectivity index (χ2v) is 7.15. The van der Waals surface area contributed by atoms with E-state index >= 15 is 0 Å². The second-order valence-electron chi connectivity index (χ2n) is 7.15. The number of nitrogens with zero attached hydrogens (tertiary/aromatic N) is 2. The molecule has 1 atom stereocenters. The number of benzene rings is 1. The zero-order valence-corrected chi connectivity index (χ0v) is 15.2. The van der Waals surface area contributed by atoms with Gasteiger partial charge < -0.3 is 20.3 Å². The lowest BCUT2D eigenvalue weighted by molar-refractivity contribution is -0.0593. The predicted octanol–water partition coefficient (Wildman–Crippen LogP) is 3.59. The van der Waals surface area contributed by atoms with Crippen LogP contribution in [0.3, 0.4) is 0 Å². The number of phenols is 1. The minimum atomic E-state index is -0.240. The monoisotopic (exact) mass is 353 g/mol. The summed E-state index contributed by atoms with van der Waals surface area (Å²) in [6.07, 6.45) is 1.64. The Morgan fingerprint density at radius 1 is 1.38 bits per heavy atom. The van der Waals surface area contributed by atoms with Gasteiger partial charge in [-0.1, -0.05) is 0 Å². The van der Waals surface area contributed by atoms with Gasteiger partial charge in [0.2, 0.25) is 0 Å². The standard InChI is InChI=1S/C20H23N3O3/c1-20(2)10-13(6-7-26-20)14-9-16(23-19(22)15(14)11-21)12-4-5-17(24)18(8-12)25-3/h4-5,8-9,13,24H,6-7,10H2,1-3H3,(H2,22,23). The van der Waals surface area contributed by atoms with E-state index in [1.54, 1.807) is 18.2 Å². The molecule has 6 nitrogen and oxygen atoms in total. The van der Waals surface area contributed by atoms with E-state index in [4.69, 9.17) is 15.2 Å². The number of phenolic OH excluding ortho intramolecular Hbond substituents is 1. The number of ether oxygens (including phenoxy) is 2. The second kappa shape index (κ2) is 6.85. The molecule has 1 unspecified atom stereocenters. The van der Waals surface area contributed by atoms with Gasteiger partial charge in [0.25, 0.3) is 0 Å². The van der Waals surface area contributed by atoms with Crippen molar-refractivity contribution in [2.45, 2.75) is 38.2 Å². The summed E-state index contributed by atoms with van der Waals surface area (Å²) in [4.78, 5) is 4.40. The zero-order chi connectivity index (χ0) is 18.9. The molecular weight excluding hydrogens is 330 g/mol. The minimum absolute atomic E-state index is 0.0595. The topological polar surface area (TPSA) is 101 Å². The number of hydrogen-bond acceptors (Lipinski definition) is 6. The Kier molecular flexibility index (Phi) is 4.75. The molecule has 2 aromatic rings. The third-order valence-corrected chi connectivity index (χ3v) is 4.80. The van der Waals surface area contributed by atoms with Crippen molar-refractivity contribution >= 4 is 5.82 Å². The van der Waals surface area contributed by atoms with Crippen LogP contribution in [-0.4, -0.2) is 29.4 Å². The van der Waals surface area contributed by atoms with Gasteiger partial charge in [-0.3, -0.25) is 0 Å². The summed E-state index contributed by atoms with van der Waals surface area (Å²) in [7, 11) is 1.49.